The van der Waals surface area contributed by atoms with Gasteiger partial charge in [0.05, 0.1) is 38.3 Å². The number of esters is 2. The highest BCUT2D eigenvalue weighted by atomic mass is 16.5. The van der Waals surface area contributed by atoms with Crippen LogP contribution in [-0.4, -0.2) is 38.4 Å². The van der Waals surface area contributed by atoms with Crippen molar-refractivity contribution in [3.8, 4) is 0 Å². The molecule has 0 rings (SSSR count). The van der Waals surface area contributed by atoms with Crippen LogP contribution < -0.4 is 0 Å². The molecule has 4 atom stereocenters. The Morgan fingerprint density at radius 1 is 0.765 bits per heavy atom. The van der Waals surface area contributed by atoms with Crippen molar-refractivity contribution in [2.24, 2.45) is 11.8 Å². The van der Waals surface area contributed by atoms with Crippen LogP contribution in [0.2, 0.25) is 0 Å². The molecule has 0 saturated carbocycles. The normalized spacial score (nSPS) is 17.8. The van der Waals surface area contributed by atoms with Gasteiger partial charge < -0.3 is 14.2 Å². The average molecular weight is 246 g/mol. The van der Waals surface area contributed by atoms with Crippen LogP contribution in [0.1, 0.15) is 27.7 Å². The lowest BCUT2D eigenvalue weighted by Gasteiger charge is -2.25. The van der Waals surface area contributed by atoms with Crippen molar-refractivity contribution in [1.29, 1.82) is 0 Å². The summed E-state index contributed by atoms with van der Waals surface area (Å²) in [7, 11) is 2.68. The van der Waals surface area contributed by atoms with Crippen molar-refractivity contribution < 1.29 is 23.8 Å². The molecule has 0 fully saturated rings. The summed E-state index contributed by atoms with van der Waals surface area (Å²) in [5.74, 6) is -1.38. The molecular weight excluding hydrogens is 224 g/mol. The van der Waals surface area contributed by atoms with E-state index in [0.717, 1.165) is 0 Å². The quantitative estimate of drug-likeness (QED) is 0.663. The fourth-order valence-electron chi connectivity index (χ4n) is 1.33. The smallest absolute Gasteiger partial charge is 0.311 e. The molecule has 0 aromatic carbocycles. The summed E-state index contributed by atoms with van der Waals surface area (Å²) in [6, 6.07) is 0. The third kappa shape index (κ3) is 4.73. The van der Waals surface area contributed by atoms with Crippen LogP contribution in [0.3, 0.4) is 0 Å². The van der Waals surface area contributed by atoms with Gasteiger partial charge in [0.25, 0.3) is 0 Å². The molecule has 0 bridgehead atoms. The number of hydrogen-bond donors (Lipinski definition) is 0. The van der Waals surface area contributed by atoms with Crippen LogP contribution in [0.5, 0.6) is 0 Å². The van der Waals surface area contributed by atoms with E-state index >= 15 is 0 Å². The first-order chi connectivity index (χ1) is 7.84. The van der Waals surface area contributed by atoms with Gasteiger partial charge in [-0.15, -0.1) is 0 Å². The zero-order chi connectivity index (χ0) is 13.6. The fraction of sp³-hybridized carbons (Fsp3) is 0.833. The Hall–Kier alpha value is -1.10. The van der Waals surface area contributed by atoms with E-state index in [1.54, 1.807) is 27.7 Å². The number of carbonyl (C=O) groups is 2. The van der Waals surface area contributed by atoms with Gasteiger partial charge in [0.1, 0.15) is 0 Å². The summed E-state index contributed by atoms with van der Waals surface area (Å²) in [6.45, 7) is 7.02. The number of carbonyl (C=O) groups excluding carboxylic acids is 2. The first-order valence-electron chi connectivity index (χ1n) is 5.66. The number of methoxy groups -OCH3 is 2. The predicted molar refractivity (Wildman–Crippen MR) is 62.4 cm³/mol. The summed E-state index contributed by atoms with van der Waals surface area (Å²) in [6.07, 6.45) is -0.630. The highest BCUT2D eigenvalue weighted by Gasteiger charge is 2.28. The molecule has 17 heavy (non-hydrogen) atoms. The van der Waals surface area contributed by atoms with Gasteiger partial charge in [-0.25, -0.2) is 0 Å². The molecule has 0 radical (unpaired) electrons. The lowest BCUT2D eigenvalue weighted by Crippen LogP contribution is -2.34. The number of rotatable bonds is 6. The summed E-state index contributed by atoms with van der Waals surface area (Å²) in [4.78, 5) is 22.6. The summed E-state index contributed by atoms with van der Waals surface area (Å²) < 4.78 is 14.9. The van der Waals surface area contributed by atoms with E-state index in [1.165, 1.54) is 14.2 Å². The minimum absolute atomic E-state index is 0.315. The Balaban J connectivity index is 4.33. The van der Waals surface area contributed by atoms with Crippen molar-refractivity contribution in [3.05, 3.63) is 0 Å². The Kier molecular flexibility index (Phi) is 6.80. The standard InChI is InChI=1S/C12H22O5/c1-7(11(13)15-5)9(3)17-10(4)8(2)12(14)16-6/h7-10H,1-6H3. The molecule has 100 valence electrons. The highest BCUT2D eigenvalue weighted by Crippen LogP contribution is 2.16. The van der Waals surface area contributed by atoms with Crippen molar-refractivity contribution in [3.63, 3.8) is 0 Å². The van der Waals surface area contributed by atoms with Gasteiger partial charge in [0.2, 0.25) is 0 Å². The number of ether oxygens (including phenoxy) is 3. The Bertz CT molecular complexity index is 238. The van der Waals surface area contributed by atoms with E-state index < -0.39 is 0 Å². The van der Waals surface area contributed by atoms with Crippen molar-refractivity contribution in [2.45, 2.75) is 39.9 Å². The molecule has 4 unspecified atom stereocenters. The first-order valence-corrected chi connectivity index (χ1v) is 5.66. The Morgan fingerprint density at radius 3 is 1.29 bits per heavy atom. The predicted octanol–water partition coefficient (Wildman–Crippen LogP) is 1.40. The van der Waals surface area contributed by atoms with Gasteiger partial charge >= 0.3 is 11.9 Å². The average Bonchev–Trinajstić information content (AvgIpc) is 2.34. The van der Waals surface area contributed by atoms with E-state index in [-0.39, 0.29) is 36.0 Å². The fourth-order valence-corrected chi connectivity index (χ4v) is 1.33. The van der Waals surface area contributed by atoms with Crippen LogP contribution in [0, 0.1) is 11.8 Å². The van der Waals surface area contributed by atoms with Crippen LogP contribution in [-0.2, 0) is 23.8 Å². The van der Waals surface area contributed by atoms with Gasteiger partial charge in [-0.05, 0) is 27.7 Å². The molecule has 5 nitrogen and oxygen atoms in total. The lowest BCUT2D eigenvalue weighted by atomic mass is 10.0. The minimum Gasteiger partial charge on any atom is -0.469 e. The molecule has 0 amide bonds. The van der Waals surface area contributed by atoms with Gasteiger partial charge in [-0.2, -0.15) is 0 Å². The van der Waals surface area contributed by atoms with Gasteiger partial charge in [0.15, 0.2) is 0 Å². The molecule has 0 heterocycles. The molecule has 0 spiro atoms. The largest absolute Gasteiger partial charge is 0.469 e. The molecule has 0 aromatic heterocycles. The molecule has 0 aromatic rings. The Morgan fingerprint density at radius 2 is 1.06 bits per heavy atom. The van der Waals surface area contributed by atoms with Gasteiger partial charge in [-0.3, -0.25) is 9.59 Å². The van der Waals surface area contributed by atoms with E-state index in [4.69, 9.17) is 4.74 Å². The molecule has 0 aliphatic carbocycles. The zero-order valence-electron chi connectivity index (χ0n) is 11.4. The molecule has 5 heteroatoms. The maximum Gasteiger partial charge on any atom is 0.311 e. The molecule has 0 N–H and O–H groups in total. The van der Waals surface area contributed by atoms with Gasteiger partial charge in [-0.1, -0.05) is 0 Å². The van der Waals surface area contributed by atoms with Crippen LogP contribution in [0.4, 0.5) is 0 Å². The molecule has 0 aliphatic heterocycles. The topological polar surface area (TPSA) is 61.8 Å². The third-order valence-electron chi connectivity index (χ3n) is 2.98. The SMILES string of the molecule is COC(=O)C(C)C(C)OC(C)C(C)C(=O)OC. The summed E-state index contributed by atoms with van der Waals surface area (Å²) in [5.41, 5.74) is 0. The molecular formula is C12H22O5. The van der Waals surface area contributed by atoms with Crippen molar-refractivity contribution >= 4 is 11.9 Å². The van der Waals surface area contributed by atoms with Crippen molar-refractivity contribution in [1.82, 2.24) is 0 Å². The van der Waals surface area contributed by atoms with E-state index in [1.807, 2.05) is 0 Å². The van der Waals surface area contributed by atoms with Crippen molar-refractivity contribution in [2.75, 3.05) is 14.2 Å². The third-order valence-corrected chi connectivity index (χ3v) is 2.98. The molecule has 0 aliphatic rings. The summed E-state index contributed by atoms with van der Waals surface area (Å²) >= 11 is 0. The molecule has 0 saturated heterocycles. The van der Waals surface area contributed by atoms with Crippen LogP contribution in [0.15, 0.2) is 0 Å². The van der Waals surface area contributed by atoms with Gasteiger partial charge in [0, 0.05) is 0 Å². The highest BCUT2D eigenvalue weighted by molar-refractivity contribution is 5.73. The lowest BCUT2D eigenvalue weighted by molar-refractivity contribution is -0.157. The van der Waals surface area contributed by atoms with E-state index in [2.05, 4.69) is 9.47 Å². The maximum absolute atomic E-state index is 11.3. The summed E-state index contributed by atoms with van der Waals surface area (Å²) in [5, 5.41) is 0. The zero-order valence-corrected chi connectivity index (χ0v) is 11.4. The first kappa shape index (κ1) is 15.9. The minimum atomic E-state index is -0.368. The van der Waals surface area contributed by atoms with Crippen LogP contribution in [0.25, 0.3) is 0 Å². The second-order valence-corrected chi connectivity index (χ2v) is 4.17. The van der Waals surface area contributed by atoms with E-state index in [9.17, 15) is 9.59 Å². The Labute approximate surface area is 102 Å². The number of hydrogen-bond acceptors (Lipinski definition) is 5. The monoisotopic (exact) mass is 246 g/mol. The van der Waals surface area contributed by atoms with Crippen LogP contribution >= 0.6 is 0 Å². The van der Waals surface area contributed by atoms with E-state index in [0.29, 0.717) is 0 Å². The second kappa shape index (κ2) is 7.27. The second-order valence-electron chi connectivity index (χ2n) is 4.17. The maximum atomic E-state index is 11.3.